The van der Waals surface area contributed by atoms with E-state index in [1.165, 1.54) is 0 Å². The van der Waals surface area contributed by atoms with Crippen molar-refractivity contribution in [2.45, 2.75) is 6.92 Å². The van der Waals surface area contributed by atoms with Gasteiger partial charge in [0.2, 0.25) is 0 Å². The molecule has 6 nitrogen and oxygen atoms in total. The quantitative estimate of drug-likeness (QED) is 0.828. The molecule has 1 saturated heterocycles. The summed E-state index contributed by atoms with van der Waals surface area (Å²) in [7, 11) is 0. The van der Waals surface area contributed by atoms with E-state index in [0.29, 0.717) is 42.0 Å². The Morgan fingerprint density at radius 3 is 2.62 bits per heavy atom. The minimum Gasteiger partial charge on any atom is -0.482 e. The highest BCUT2D eigenvalue weighted by Crippen LogP contribution is 2.27. The van der Waals surface area contributed by atoms with Crippen molar-refractivity contribution in [2.75, 3.05) is 37.7 Å². The van der Waals surface area contributed by atoms with E-state index in [9.17, 15) is 4.79 Å². The first-order valence-corrected chi connectivity index (χ1v) is 8.32. The number of ether oxygens (including phenoxy) is 1. The van der Waals surface area contributed by atoms with Crippen LogP contribution in [0.5, 0.6) is 5.75 Å². The molecule has 2 aromatic rings. The molecular weight excluding hydrogens is 353 g/mol. The molecule has 1 fully saturated rings. The van der Waals surface area contributed by atoms with E-state index in [4.69, 9.17) is 32.5 Å². The van der Waals surface area contributed by atoms with Crippen LogP contribution in [-0.4, -0.2) is 48.7 Å². The maximum Gasteiger partial charge on any atom is 0.260 e. The number of rotatable bonds is 4. The molecule has 1 aliphatic heterocycles. The second-order valence-electron chi connectivity index (χ2n) is 5.53. The molecule has 0 saturated carbocycles. The molecule has 0 spiro atoms. The fourth-order valence-electron chi connectivity index (χ4n) is 2.51. The van der Waals surface area contributed by atoms with E-state index < -0.39 is 0 Å². The van der Waals surface area contributed by atoms with Gasteiger partial charge < -0.3 is 19.1 Å². The molecule has 0 radical (unpaired) electrons. The van der Waals surface area contributed by atoms with Crippen LogP contribution in [0.4, 0.5) is 5.82 Å². The maximum atomic E-state index is 12.3. The van der Waals surface area contributed by atoms with Crippen molar-refractivity contribution in [1.82, 2.24) is 10.1 Å². The second-order valence-corrected chi connectivity index (χ2v) is 6.37. The number of aromatic nitrogens is 1. The monoisotopic (exact) mass is 369 g/mol. The van der Waals surface area contributed by atoms with Crippen LogP contribution in [0.1, 0.15) is 5.76 Å². The number of carbonyl (C=O) groups excluding carboxylic acids is 1. The Morgan fingerprint density at radius 2 is 2.00 bits per heavy atom. The van der Waals surface area contributed by atoms with Gasteiger partial charge in [-0.1, -0.05) is 28.4 Å². The van der Waals surface area contributed by atoms with Crippen molar-refractivity contribution in [2.24, 2.45) is 0 Å². The number of hydrogen-bond acceptors (Lipinski definition) is 5. The van der Waals surface area contributed by atoms with E-state index in [0.717, 1.165) is 11.6 Å². The van der Waals surface area contributed by atoms with Crippen molar-refractivity contribution in [3.63, 3.8) is 0 Å². The topological polar surface area (TPSA) is 58.8 Å². The lowest BCUT2D eigenvalue weighted by molar-refractivity contribution is -0.133. The SMILES string of the molecule is Cc1cc(N2CCN(C(=O)COc3ccc(Cl)cc3Cl)CC2)no1. The third-order valence-corrected chi connectivity index (χ3v) is 4.35. The molecule has 1 amide bonds. The highest BCUT2D eigenvalue weighted by Gasteiger charge is 2.23. The van der Waals surface area contributed by atoms with Gasteiger partial charge in [0.05, 0.1) is 5.02 Å². The first-order valence-electron chi connectivity index (χ1n) is 7.57. The Labute approximate surface area is 149 Å². The predicted octanol–water partition coefficient (Wildman–Crippen LogP) is 3.02. The van der Waals surface area contributed by atoms with E-state index >= 15 is 0 Å². The van der Waals surface area contributed by atoms with Crippen LogP contribution < -0.4 is 9.64 Å². The van der Waals surface area contributed by atoms with E-state index in [1.54, 1.807) is 23.1 Å². The van der Waals surface area contributed by atoms with Crippen molar-refractivity contribution in [3.8, 4) is 5.75 Å². The largest absolute Gasteiger partial charge is 0.482 e. The summed E-state index contributed by atoms with van der Waals surface area (Å²) in [5, 5.41) is 4.92. The molecule has 0 bridgehead atoms. The molecule has 24 heavy (non-hydrogen) atoms. The number of carbonyl (C=O) groups is 1. The lowest BCUT2D eigenvalue weighted by Gasteiger charge is -2.34. The number of aryl methyl sites for hydroxylation is 1. The van der Waals surface area contributed by atoms with Gasteiger partial charge in [-0.25, -0.2) is 0 Å². The summed E-state index contributed by atoms with van der Waals surface area (Å²) in [5.41, 5.74) is 0. The van der Waals surface area contributed by atoms with Crippen LogP contribution in [0.15, 0.2) is 28.8 Å². The summed E-state index contributed by atoms with van der Waals surface area (Å²) >= 11 is 11.9. The van der Waals surface area contributed by atoms with Gasteiger partial charge in [0, 0.05) is 37.3 Å². The Balaban J connectivity index is 1.50. The van der Waals surface area contributed by atoms with Crippen molar-refractivity contribution < 1.29 is 14.1 Å². The fourth-order valence-corrected chi connectivity index (χ4v) is 2.97. The molecule has 2 heterocycles. The summed E-state index contributed by atoms with van der Waals surface area (Å²) in [6.45, 7) is 4.45. The highest BCUT2D eigenvalue weighted by atomic mass is 35.5. The molecule has 3 rings (SSSR count). The molecule has 1 aromatic carbocycles. The third-order valence-electron chi connectivity index (χ3n) is 3.82. The molecule has 0 unspecified atom stereocenters. The average molecular weight is 370 g/mol. The summed E-state index contributed by atoms with van der Waals surface area (Å²) in [4.78, 5) is 16.1. The number of amides is 1. The number of piperazine rings is 1. The Kier molecular flexibility index (Phi) is 5.16. The van der Waals surface area contributed by atoms with Gasteiger partial charge in [-0.05, 0) is 25.1 Å². The normalized spacial score (nSPS) is 14.8. The molecule has 0 N–H and O–H groups in total. The number of halogens is 2. The molecule has 8 heteroatoms. The maximum absolute atomic E-state index is 12.3. The van der Waals surface area contributed by atoms with Crippen LogP contribution in [0.3, 0.4) is 0 Å². The first kappa shape index (κ1) is 16.9. The lowest BCUT2D eigenvalue weighted by atomic mass is 10.3. The average Bonchev–Trinajstić information content (AvgIpc) is 3.00. The van der Waals surface area contributed by atoms with Crippen LogP contribution in [0.25, 0.3) is 0 Å². The fraction of sp³-hybridized carbons (Fsp3) is 0.375. The standard InChI is InChI=1S/C16H17Cl2N3O3/c1-11-8-15(19-24-11)20-4-6-21(7-5-20)16(22)10-23-14-3-2-12(17)9-13(14)18/h2-3,8-9H,4-7,10H2,1H3. The second kappa shape index (κ2) is 7.32. The smallest absolute Gasteiger partial charge is 0.260 e. The Morgan fingerprint density at radius 1 is 1.25 bits per heavy atom. The van der Waals surface area contributed by atoms with Gasteiger partial charge in [0.25, 0.3) is 5.91 Å². The summed E-state index contributed by atoms with van der Waals surface area (Å²) < 4.78 is 10.6. The zero-order valence-corrected chi connectivity index (χ0v) is 14.7. The first-order chi connectivity index (χ1) is 11.5. The lowest BCUT2D eigenvalue weighted by Crippen LogP contribution is -2.50. The molecule has 1 aromatic heterocycles. The zero-order chi connectivity index (χ0) is 17.1. The van der Waals surface area contributed by atoms with Crippen LogP contribution in [-0.2, 0) is 4.79 Å². The van der Waals surface area contributed by atoms with Gasteiger partial charge in [-0.3, -0.25) is 4.79 Å². The van der Waals surface area contributed by atoms with E-state index in [2.05, 4.69) is 10.1 Å². The predicted molar refractivity (Wildman–Crippen MR) is 92.0 cm³/mol. The van der Waals surface area contributed by atoms with Crippen molar-refractivity contribution in [1.29, 1.82) is 0 Å². The molecular formula is C16H17Cl2N3O3. The van der Waals surface area contributed by atoms with Crippen molar-refractivity contribution >= 4 is 34.9 Å². The Hall–Kier alpha value is -1.92. The van der Waals surface area contributed by atoms with Gasteiger partial charge in [0.1, 0.15) is 11.5 Å². The van der Waals surface area contributed by atoms with Gasteiger partial charge in [0.15, 0.2) is 12.4 Å². The minimum atomic E-state index is -0.0722. The zero-order valence-electron chi connectivity index (χ0n) is 13.2. The summed E-state index contributed by atoms with van der Waals surface area (Å²) in [6, 6.07) is 6.80. The number of hydrogen-bond donors (Lipinski definition) is 0. The van der Waals surface area contributed by atoms with Crippen molar-refractivity contribution in [3.05, 3.63) is 40.1 Å². The highest BCUT2D eigenvalue weighted by molar-refractivity contribution is 6.35. The number of nitrogens with zero attached hydrogens (tertiary/aromatic N) is 3. The number of benzene rings is 1. The molecule has 0 aliphatic carbocycles. The molecule has 128 valence electrons. The van der Waals surface area contributed by atoms with E-state index in [-0.39, 0.29) is 12.5 Å². The summed E-state index contributed by atoms with van der Waals surface area (Å²) in [6.07, 6.45) is 0. The molecule has 1 aliphatic rings. The van der Waals surface area contributed by atoms with Gasteiger partial charge in [-0.2, -0.15) is 0 Å². The van der Waals surface area contributed by atoms with Crippen LogP contribution in [0, 0.1) is 6.92 Å². The summed E-state index contributed by atoms with van der Waals surface area (Å²) in [5.74, 6) is 1.96. The van der Waals surface area contributed by atoms with Crippen LogP contribution in [0.2, 0.25) is 10.0 Å². The molecule has 0 atom stereocenters. The van der Waals surface area contributed by atoms with E-state index in [1.807, 2.05) is 13.0 Å². The number of anilines is 1. The van der Waals surface area contributed by atoms with Gasteiger partial charge in [-0.15, -0.1) is 0 Å². The van der Waals surface area contributed by atoms with Crippen LogP contribution >= 0.6 is 23.2 Å². The third kappa shape index (κ3) is 3.94. The Bertz CT molecular complexity index is 727. The minimum absolute atomic E-state index is 0.0512. The van der Waals surface area contributed by atoms with Gasteiger partial charge >= 0.3 is 0 Å².